The summed E-state index contributed by atoms with van der Waals surface area (Å²) >= 11 is 1.66. The molecular weight excluding hydrogens is 144 g/mol. The van der Waals surface area contributed by atoms with Crippen LogP contribution in [0.5, 0.6) is 0 Å². The van der Waals surface area contributed by atoms with Gasteiger partial charge in [0.2, 0.25) is 0 Å². The van der Waals surface area contributed by atoms with Crippen molar-refractivity contribution in [3.8, 4) is 0 Å². The second-order valence-corrected chi connectivity index (χ2v) is 2.95. The maximum absolute atomic E-state index is 4.17. The van der Waals surface area contributed by atoms with Gasteiger partial charge in [0.15, 0.2) is 0 Å². The van der Waals surface area contributed by atoms with E-state index in [0.29, 0.717) is 0 Å². The van der Waals surface area contributed by atoms with Crippen molar-refractivity contribution in [1.82, 2.24) is 4.98 Å². The zero-order valence-corrected chi connectivity index (χ0v) is 6.14. The predicted molar refractivity (Wildman–Crippen MR) is 43.3 cm³/mol. The van der Waals surface area contributed by atoms with Crippen molar-refractivity contribution in [2.24, 2.45) is 4.99 Å². The van der Waals surface area contributed by atoms with Gasteiger partial charge in [-0.2, -0.15) is 0 Å². The fourth-order valence-electron chi connectivity index (χ4n) is 0.864. The molecule has 0 unspecified atom stereocenters. The number of nitrogens with zero attached hydrogens (tertiary/aromatic N) is 2. The lowest BCUT2D eigenvalue weighted by Gasteiger charge is -1.86. The van der Waals surface area contributed by atoms with Crippen LogP contribution in [0.3, 0.4) is 0 Å². The quantitative estimate of drug-likeness (QED) is 0.553. The minimum atomic E-state index is 0.785. The van der Waals surface area contributed by atoms with Gasteiger partial charge in [-0.3, -0.25) is 4.99 Å². The van der Waals surface area contributed by atoms with Crippen LogP contribution in [0.15, 0.2) is 16.6 Å². The highest BCUT2D eigenvalue weighted by Crippen LogP contribution is 2.16. The molecule has 2 rings (SSSR count). The molecule has 0 bridgehead atoms. The largest absolute Gasteiger partial charge is 0.288 e. The summed E-state index contributed by atoms with van der Waals surface area (Å²) in [7, 11) is 0. The van der Waals surface area contributed by atoms with Gasteiger partial charge >= 0.3 is 0 Å². The summed E-state index contributed by atoms with van der Waals surface area (Å²) in [6.07, 6.45) is 5.72. The Hall–Kier alpha value is -0.960. The molecule has 0 saturated carbocycles. The van der Waals surface area contributed by atoms with Crippen molar-refractivity contribution < 1.29 is 0 Å². The molecule has 1 aliphatic rings. The monoisotopic (exact) mass is 150 g/mol. The molecule has 0 spiro atoms. The van der Waals surface area contributed by atoms with Crippen molar-refractivity contribution in [2.45, 2.75) is 6.54 Å². The first kappa shape index (κ1) is 5.80. The molecule has 50 valence electrons. The normalized spacial score (nSPS) is 14.8. The number of hydrogen-bond donors (Lipinski definition) is 0. The molecule has 0 aliphatic carbocycles. The second kappa shape index (κ2) is 2.34. The van der Waals surface area contributed by atoms with Gasteiger partial charge in [-0.1, -0.05) is 0 Å². The molecule has 0 aromatic carbocycles. The molecular formula is C7H6N2S. The van der Waals surface area contributed by atoms with Crippen LogP contribution >= 0.6 is 11.3 Å². The Labute approximate surface area is 63.0 Å². The van der Waals surface area contributed by atoms with Crippen molar-refractivity contribution in [3.63, 3.8) is 0 Å². The van der Waals surface area contributed by atoms with Crippen LogP contribution in [0.4, 0.5) is 0 Å². The van der Waals surface area contributed by atoms with E-state index in [1.54, 1.807) is 11.3 Å². The first-order valence-electron chi connectivity index (χ1n) is 3.05. The summed E-state index contributed by atoms with van der Waals surface area (Å²) < 4.78 is 0. The molecule has 0 atom stereocenters. The van der Waals surface area contributed by atoms with E-state index in [-0.39, 0.29) is 0 Å². The minimum Gasteiger partial charge on any atom is -0.288 e. The van der Waals surface area contributed by atoms with Crippen LogP contribution in [0.1, 0.15) is 10.6 Å². The van der Waals surface area contributed by atoms with E-state index in [9.17, 15) is 0 Å². The van der Waals surface area contributed by atoms with Gasteiger partial charge in [0.25, 0.3) is 0 Å². The number of aromatic nitrogens is 1. The van der Waals surface area contributed by atoms with Crippen LogP contribution in [-0.2, 0) is 6.54 Å². The molecule has 0 saturated heterocycles. The summed E-state index contributed by atoms with van der Waals surface area (Å²) in [4.78, 5) is 9.57. The van der Waals surface area contributed by atoms with E-state index in [1.165, 1.54) is 4.88 Å². The minimum absolute atomic E-state index is 0.785. The average molecular weight is 150 g/mol. The van der Waals surface area contributed by atoms with Crippen molar-refractivity contribution in [1.29, 1.82) is 0 Å². The van der Waals surface area contributed by atoms with Crippen LogP contribution in [-0.4, -0.2) is 11.2 Å². The summed E-state index contributed by atoms with van der Waals surface area (Å²) in [5.41, 5.74) is 2.93. The molecule has 3 heteroatoms. The molecule has 1 aromatic rings. The predicted octanol–water partition coefficient (Wildman–Crippen LogP) is 1.74. The highest BCUT2D eigenvalue weighted by molar-refractivity contribution is 7.09. The van der Waals surface area contributed by atoms with Gasteiger partial charge in [-0.25, -0.2) is 4.98 Å². The molecule has 1 aliphatic heterocycles. The van der Waals surface area contributed by atoms with Gasteiger partial charge in [0.1, 0.15) is 0 Å². The number of thiazole rings is 1. The SMILES string of the molecule is C1=Cc2ncsc2CN=C1. The van der Waals surface area contributed by atoms with Gasteiger partial charge in [-0.05, 0) is 12.2 Å². The van der Waals surface area contributed by atoms with Crippen LogP contribution in [0.2, 0.25) is 0 Å². The van der Waals surface area contributed by atoms with Crippen molar-refractivity contribution in [3.05, 3.63) is 22.2 Å². The number of aliphatic imine (C=N–C) groups is 1. The third-order valence-electron chi connectivity index (χ3n) is 1.35. The van der Waals surface area contributed by atoms with E-state index in [4.69, 9.17) is 0 Å². The number of allylic oxidation sites excluding steroid dienone is 1. The maximum Gasteiger partial charge on any atom is 0.0802 e. The zero-order chi connectivity index (χ0) is 6.81. The Kier molecular flexibility index (Phi) is 1.36. The second-order valence-electron chi connectivity index (χ2n) is 2.01. The van der Waals surface area contributed by atoms with Crippen LogP contribution < -0.4 is 0 Å². The average Bonchev–Trinajstić information content (AvgIpc) is 2.28. The van der Waals surface area contributed by atoms with Gasteiger partial charge < -0.3 is 0 Å². The Morgan fingerprint density at radius 3 is 3.50 bits per heavy atom. The fourth-order valence-corrected chi connectivity index (χ4v) is 1.55. The third-order valence-corrected chi connectivity index (χ3v) is 2.19. The Morgan fingerprint density at radius 1 is 1.50 bits per heavy atom. The molecule has 10 heavy (non-hydrogen) atoms. The maximum atomic E-state index is 4.17. The lowest BCUT2D eigenvalue weighted by Crippen LogP contribution is -1.77. The van der Waals surface area contributed by atoms with E-state index in [2.05, 4.69) is 9.98 Å². The number of fused-ring (bicyclic) bond motifs is 1. The van der Waals surface area contributed by atoms with E-state index in [0.717, 1.165) is 12.2 Å². The first-order chi connectivity index (χ1) is 4.97. The molecule has 0 amide bonds. The molecule has 0 N–H and O–H groups in total. The van der Waals surface area contributed by atoms with E-state index < -0.39 is 0 Å². The molecule has 2 nitrogen and oxygen atoms in total. The van der Waals surface area contributed by atoms with Gasteiger partial charge in [0, 0.05) is 6.21 Å². The van der Waals surface area contributed by atoms with Gasteiger partial charge in [0.05, 0.1) is 22.6 Å². The lowest BCUT2D eigenvalue weighted by atomic mass is 10.3. The fraction of sp³-hybridized carbons (Fsp3) is 0.143. The summed E-state index contributed by atoms with van der Waals surface area (Å²) in [6.45, 7) is 0.785. The standard InChI is InChI=1S/C7H6N2S/c1-2-6-7(4-8-3-1)10-5-9-6/h1-3,5H,4H2. The van der Waals surface area contributed by atoms with Gasteiger partial charge in [-0.15, -0.1) is 11.3 Å². The molecule has 2 heterocycles. The zero-order valence-electron chi connectivity index (χ0n) is 5.32. The van der Waals surface area contributed by atoms with E-state index in [1.807, 2.05) is 23.9 Å². The Balaban J connectivity index is 2.50. The van der Waals surface area contributed by atoms with Crippen molar-refractivity contribution >= 4 is 23.6 Å². The lowest BCUT2D eigenvalue weighted by molar-refractivity contribution is 1.10. The summed E-state index contributed by atoms with van der Waals surface area (Å²) in [6, 6.07) is 0. The summed E-state index contributed by atoms with van der Waals surface area (Å²) in [5, 5.41) is 0. The summed E-state index contributed by atoms with van der Waals surface area (Å²) in [5.74, 6) is 0. The Bertz CT molecular complexity index is 286. The smallest absolute Gasteiger partial charge is 0.0802 e. The Morgan fingerprint density at radius 2 is 2.50 bits per heavy atom. The van der Waals surface area contributed by atoms with Crippen LogP contribution in [0.25, 0.3) is 6.08 Å². The highest BCUT2D eigenvalue weighted by atomic mass is 32.1. The third kappa shape index (κ3) is 0.885. The molecule has 0 radical (unpaired) electrons. The first-order valence-corrected chi connectivity index (χ1v) is 3.93. The molecule has 1 aromatic heterocycles. The van der Waals surface area contributed by atoms with E-state index >= 15 is 0 Å². The molecule has 0 fully saturated rings. The highest BCUT2D eigenvalue weighted by Gasteiger charge is 2.01. The number of hydrogen-bond acceptors (Lipinski definition) is 3. The van der Waals surface area contributed by atoms with Crippen molar-refractivity contribution in [2.75, 3.05) is 0 Å². The topological polar surface area (TPSA) is 25.2 Å². The number of rotatable bonds is 0. The van der Waals surface area contributed by atoms with Crippen LogP contribution in [0, 0.1) is 0 Å².